The van der Waals surface area contributed by atoms with E-state index in [1.54, 1.807) is 0 Å². The molecule has 0 bridgehead atoms. The molecule has 0 spiro atoms. The van der Waals surface area contributed by atoms with Crippen LogP contribution in [0.3, 0.4) is 0 Å². The molecule has 10 heteroatoms. The van der Waals surface area contributed by atoms with Crippen LogP contribution >= 0.6 is 0 Å². The molecule has 1 aromatic carbocycles. The number of amides is 1. The van der Waals surface area contributed by atoms with Gasteiger partial charge in [-0.05, 0) is 53.6 Å². The summed E-state index contributed by atoms with van der Waals surface area (Å²) in [7, 11) is 0. The van der Waals surface area contributed by atoms with E-state index in [0.29, 0.717) is 5.56 Å². The molecular weight excluding hydrogens is 317 g/mol. The van der Waals surface area contributed by atoms with E-state index in [9.17, 15) is 9.18 Å². The molecule has 1 amide bonds. The summed E-state index contributed by atoms with van der Waals surface area (Å²) in [4.78, 5) is 17.5. The van der Waals surface area contributed by atoms with Gasteiger partial charge in [0.05, 0.1) is 13.1 Å². The molecule has 0 radical (unpaired) electrons. The van der Waals surface area contributed by atoms with Gasteiger partial charge in [0.15, 0.2) is 0 Å². The molecule has 1 aliphatic carbocycles. The lowest BCUT2D eigenvalue weighted by Crippen LogP contribution is -2.49. The lowest BCUT2D eigenvalue weighted by atomic mass is 9.72. The number of aliphatic hydroxyl groups is 1. The first-order valence-electron chi connectivity index (χ1n) is 7.27. The second-order valence-corrected chi connectivity index (χ2v) is 5.76. The number of aliphatic hydroxyl groups excluding tert-OH is 1. The molecule has 9 nitrogen and oxygen atoms in total. The Kier molecular flexibility index (Phi) is 5.59. The standard InChI is InChI=1S/C14H16FN7O2/c15-14(4-10(5-14)7-23)8-18-13(24)11-1-9(6-19-21-16)2-12(3-11)20-22-17/h1-3,10,23H,4-8H2,(H,18,24). The van der Waals surface area contributed by atoms with Gasteiger partial charge in [-0.15, -0.1) is 0 Å². The molecule has 126 valence electrons. The predicted octanol–water partition coefficient (Wildman–Crippen LogP) is 3.28. The summed E-state index contributed by atoms with van der Waals surface area (Å²) in [5.74, 6) is -0.577. The van der Waals surface area contributed by atoms with Crippen LogP contribution < -0.4 is 5.32 Å². The average Bonchev–Trinajstić information content (AvgIpc) is 2.55. The number of carbonyl (C=O) groups is 1. The number of azide groups is 2. The highest BCUT2D eigenvalue weighted by Gasteiger charge is 2.44. The molecule has 0 atom stereocenters. The molecule has 2 rings (SSSR count). The Balaban J connectivity index is 2.08. The van der Waals surface area contributed by atoms with Crippen LogP contribution in [0.15, 0.2) is 28.4 Å². The van der Waals surface area contributed by atoms with Gasteiger partial charge in [-0.3, -0.25) is 4.79 Å². The second kappa shape index (κ2) is 7.65. The summed E-state index contributed by atoms with van der Waals surface area (Å²) in [6.45, 7) is -0.215. The third-order valence-electron chi connectivity index (χ3n) is 3.85. The first-order valence-corrected chi connectivity index (χ1v) is 7.27. The molecule has 0 aromatic heterocycles. The Bertz CT molecular complexity index is 720. The summed E-state index contributed by atoms with van der Waals surface area (Å²) in [6.07, 6.45) is 0.426. The Morgan fingerprint density at radius 3 is 2.75 bits per heavy atom. The predicted molar refractivity (Wildman–Crippen MR) is 84.1 cm³/mol. The highest BCUT2D eigenvalue weighted by Crippen LogP contribution is 2.40. The van der Waals surface area contributed by atoms with E-state index in [4.69, 9.17) is 16.2 Å². The number of benzene rings is 1. The number of alkyl halides is 1. The van der Waals surface area contributed by atoms with Gasteiger partial charge in [0.1, 0.15) is 5.67 Å². The normalized spacial score (nSPS) is 21.8. The highest BCUT2D eigenvalue weighted by molar-refractivity contribution is 5.95. The van der Waals surface area contributed by atoms with Crippen molar-refractivity contribution in [2.24, 2.45) is 16.1 Å². The van der Waals surface area contributed by atoms with E-state index < -0.39 is 11.6 Å². The van der Waals surface area contributed by atoms with Crippen molar-refractivity contribution in [1.82, 2.24) is 5.32 Å². The fourth-order valence-electron chi connectivity index (χ4n) is 2.71. The van der Waals surface area contributed by atoms with E-state index in [1.807, 2.05) is 0 Å². The van der Waals surface area contributed by atoms with Gasteiger partial charge in [-0.1, -0.05) is 10.2 Å². The molecule has 1 fully saturated rings. The van der Waals surface area contributed by atoms with Crippen molar-refractivity contribution in [3.63, 3.8) is 0 Å². The van der Waals surface area contributed by atoms with Crippen molar-refractivity contribution in [3.8, 4) is 0 Å². The Morgan fingerprint density at radius 2 is 2.12 bits per heavy atom. The van der Waals surface area contributed by atoms with Gasteiger partial charge >= 0.3 is 0 Å². The molecule has 0 heterocycles. The molecule has 0 aliphatic heterocycles. The topological polar surface area (TPSA) is 147 Å². The van der Waals surface area contributed by atoms with Crippen LogP contribution in [-0.2, 0) is 6.54 Å². The van der Waals surface area contributed by atoms with Crippen molar-refractivity contribution in [1.29, 1.82) is 0 Å². The van der Waals surface area contributed by atoms with E-state index >= 15 is 0 Å². The third kappa shape index (κ3) is 4.36. The maximum Gasteiger partial charge on any atom is 0.251 e. The molecule has 2 N–H and O–H groups in total. The van der Waals surface area contributed by atoms with Crippen LogP contribution in [0.25, 0.3) is 20.9 Å². The molecule has 1 aliphatic rings. The zero-order chi connectivity index (χ0) is 17.6. The quantitative estimate of drug-likeness (QED) is 0.448. The number of hydrogen-bond acceptors (Lipinski definition) is 4. The number of rotatable bonds is 7. The van der Waals surface area contributed by atoms with Crippen LogP contribution in [0.1, 0.15) is 28.8 Å². The second-order valence-electron chi connectivity index (χ2n) is 5.76. The van der Waals surface area contributed by atoms with Crippen molar-refractivity contribution in [2.75, 3.05) is 13.2 Å². The zero-order valence-electron chi connectivity index (χ0n) is 12.8. The maximum absolute atomic E-state index is 14.2. The summed E-state index contributed by atoms with van der Waals surface area (Å²) in [5, 5.41) is 18.3. The minimum atomic E-state index is -1.50. The Hall–Kier alpha value is -2.80. The number of nitrogens with one attached hydrogen (secondary N) is 1. The van der Waals surface area contributed by atoms with Gasteiger partial charge < -0.3 is 10.4 Å². The Morgan fingerprint density at radius 1 is 1.38 bits per heavy atom. The molecule has 1 saturated carbocycles. The van der Waals surface area contributed by atoms with E-state index in [-0.39, 0.29) is 49.7 Å². The van der Waals surface area contributed by atoms with Crippen molar-refractivity contribution < 1.29 is 14.3 Å². The fraction of sp³-hybridized carbons (Fsp3) is 0.500. The number of halogens is 1. The van der Waals surface area contributed by atoms with Gasteiger partial charge in [-0.2, -0.15) is 0 Å². The molecule has 0 unspecified atom stereocenters. The van der Waals surface area contributed by atoms with E-state index in [0.717, 1.165) is 0 Å². The minimum absolute atomic E-state index is 0.00318. The van der Waals surface area contributed by atoms with Crippen molar-refractivity contribution in [3.05, 3.63) is 50.2 Å². The average molecular weight is 333 g/mol. The molecule has 24 heavy (non-hydrogen) atoms. The summed E-state index contributed by atoms with van der Waals surface area (Å²) in [5.41, 5.74) is 16.3. The van der Waals surface area contributed by atoms with Crippen LogP contribution in [0.4, 0.5) is 10.1 Å². The third-order valence-corrected chi connectivity index (χ3v) is 3.85. The van der Waals surface area contributed by atoms with E-state index in [2.05, 4.69) is 25.4 Å². The maximum atomic E-state index is 14.2. The van der Waals surface area contributed by atoms with Gasteiger partial charge in [0.2, 0.25) is 0 Å². The number of carbonyl (C=O) groups excluding carboxylic acids is 1. The van der Waals surface area contributed by atoms with Gasteiger partial charge in [-0.25, -0.2) is 4.39 Å². The number of hydrogen-bond donors (Lipinski definition) is 2. The molecule has 1 aromatic rings. The van der Waals surface area contributed by atoms with Crippen molar-refractivity contribution >= 4 is 11.6 Å². The summed E-state index contributed by atoms with van der Waals surface area (Å²) < 4.78 is 14.2. The zero-order valence-corrected chi connectivity index (χ0v) is 12.8. The largest absolute Gasteiger partial charge is 0.396 e. The lowest BCUT2D eigenvalue weighted by molar-refractivity contribution is -0.0160. The SMILES string of the molecule is [N-]=[N+]=NCc1cc(N=[N+]=[N-])cc(C(=O)NCC2(F)CC(CO)C2)c1. The highest BCUT2D eigenvalue weighted by atomic mass is 19.1. The summed E-state index contributed by atoms with van der Waals surface area (Å²) in [6, 6.07) is 4.36. The fourth-order valence-corrected chi connectivity index (χ4v) is 2.71. The van der Waals surface area contributed by atoms with Gasteiger partial charge in [0.25, 0.3) is 5.91 Å². The van der Waals surface area contributed by atoms with Crippen LogP contribution in [0, 0.1) is 5.92 Å². The lowest BCUT2D eigenvalue weighted by Gasteiger charge is -2.40. The Labute approximate surface area is 136 Å². The van der Waals surface area contributed by atoms with E-state index in [1.165, 1.54) is 18.2 Å². The first kappa shape index (κ1) is 17.6. The van der Waals surface area contributed by atoms with Crippen LogP contribution in [-0.4, -0.2) is 29.8 Å². The minimum Gasteiger partial charge on any atom is -0.396 e. The molecular formula is C14H16FN7O2. The molecule has 0 saturated heterocycles. The smallest absolute Gasteiger partial charge is 0.251 e. The van der Waals surface area contributed by atoms with Crippen molar-refractivity contribution in [2.45, 2.75) is 25.1 Å². The first-order chi connectivity index (χ1) is 11.5. The van der Waals surface area contributed by atoms with Crippen LogP contribution in [0.5, 0.6) is 0 Å². The van der Waals surface area contributed by atoms with Gasteiger partial charge in [0, 0.05) is 27.7 Å². The monoisotopic (exact) mass is 333 g/mol. The summed E-state index contributed by atoms with van der Waals surface area (Å²) >= 11 is 0. The van der Waals surface area contributed by atoms with Crippen LogP contribution in [0.2, 0.25) is 0 Å². The number of nitrogens with zero attached hydrogens (tertiary/aromatic N) is 6.